The molecule has 6 heteroatoms. The Morgan fingerprint density at radius 3 is 2.85 bits per heavy atom. The van der Waals surface area contributed by atoms with Crippen molar-refractivity contribution in [2.75, 3.05) is 32.7 Å². The molecule has 1 atom stereocenters. The van der Waals surface area contributed by atoms with E-state index < -0.39 is 0 Å². The molecule has 0 bridgehead atoms. The monoisotopic (exact) mass is 476 g/mol. The molecule has 2 rings (SSSR count). The molecule has 0 aliphatic carbocycles. The van der Waals surface area contributed by atoms with Gasteiger partial charge >= 0.3 is 0 Å². The number of likely N-dealkylation sites (tertiary alicyclic amines) is 1. The zero-order chi connectivity index (χ0) is 18.1. The number of piperidine rings is 1. The van der Waals surface area contributed by atoms with E-state index in [2.05, 4.69) is 36.3 Å². The Kier molecular flexibility index (Phi) is 11.1. The number of benzene rings is 1. The van der Waals surface area contributed by atoms with Crippen LogP contribution in [0.1, 0.15) is 39.2 Å². The molecule has 1 aromatic rings. The first-order valence-electron chi connectivity index (χ1n) is 9.59. The van der Waals surface area contributed by atoms with Crippen LogP contribution in [-0.2, 0) is 6.42 Å². The summed E-state index contributed by atoms with van der Waals surface area (Å²) in [4.78, 5) is 7.32. The minimum Gasteiger partial charge on any atom is -0.357 e. The van der Waals surface area contributed by atoms with E-state index in [1.165, 1.54) is 25.5 Å². The SMILES string of the molecule is CCNC(=NCC1CCCN(C(C)C)C1)NCCc1cccc(F)c1.I. The summed E-state index contributed by atoms with van der Waals surface area (Å²) in [5.41, 5.74) is 1.00. The van der Waals surface area contributed by atoms with Gasteiger partial charge in [-0.3, -0.25) is 4.99 Å². The standard InChI is InChI=1S/C20H33FN4.HI/c1-4-22-20(23-11-10-17-7-5-9-19(21)13-17)24-14-18-8-6-12-25(15-18)16(2)3;/h5,7,9,13,16,18H,4,6,8,10-12,14-15H2,1-3H3,(H2,22,23,24);1H. The quantitative estimate of drug-likeness (QED) is 0.359. The highest BCUT2D eigenvalue weighted by molar-refractivity contribution is 14.0. The van der Waals surface area contributed by atoms with Gasteiger partial charge in [0.25, 0.3) is 0 Å². The third-order valence-corrected chi connectivity index (χ3v) is 4.73. The Labute approximate surface area is 175 Å². The van der Waals surface area contributed by atoms with Gasteiger partial charge in [0.1, 0.15) is 5.82 Å². The summed E-state index contributed by atoms with van der Waals surface area (Å²) in [6.07, 6.45) is 3.31. The van der Waals surface area contributed by atoms with E-state index in [-0.39, 0.29) is 29.8 Å². The maximum Gasteiger partial charge on any atom is 0.191 e. The van der Waals surface area contributed by atoms with Gasteiger partial charge in [0, 0.05) is 32.2 Å². The lowest BCUT2D eigenvalue weighted by Gasteiger charge is -2.34. The van der Waals surface area contributed by atoms with Gasteiger partial charge in [-0.15, -0.1) is 24.0 Å². The van der Waals surface area contributed by atoms with Crippen molar-refractivity contribution in [1.82, 2.24) is 15.5 Å². The fourth-order valence-corrected chi connectivity index (χ4v) is 3.30. The van der Waals surface area contributed by atoms with Crippen LogP contribution in [0.25, 0.3) is 0 Å². The predicted molar refractivity (Wildman–Crippen MR) is 119 cm³/mol. The largest absolute Gasteiger partial charge is 0.357 e. The molecule has 4 nitrogen and oxygen atoms in total. The maximum absolute atomic E-state index is 13.2. The summed E-state index contributed by atoms with van der Waals surface area (Å²) >= 11 is 0. The van der Waals surface area contributed by atoms with Gasteiger partial charge in [0.2, 0.25) is 0 Å². The van der Waals surface area contributed by atoms with Crippen LogP contribution in [0, 0.1) is 11.7 Å². The van der Waals surface area contributed by atoms with Crippen molar-refractivity contribution in [2.45, 2.75) is 46.1 Å². The van der Waals surface area contributed by atoms with E-state index in [0.717, 1.165) is 44.1 Å². The predicted octanol–water partition coefficient (Wildman–Crippen LogP) is 3.66. The van der Waals surface area contributed by atoms with E-state index in [1.54, 1.807) is 12.1 Å². The summed E-state index contributed by atoms with van der Waals surface area (Å²) in [5.74, 6) is 1.32. The molecule has 1 aromatic carbocycles. The summed E-state index contributed by atoms with van der Waals surface area (Å²) in [6.45, 7) is 11.4. The smallest absolute Gasteiger partial charge is 0.191 e. The zero-order valence-corrected chi connectivity index (χ0v) is 18.6. The second-order valence-corrected chi connectivity index (χ2v) is 7.12. The molecule has 0 spiro atoms. The van der Waals surface area contributed by atoms with Crippen molar-refractivity contribution in [1.29, 1.82) is 0 Å². The van der Waals surface area contributed by atoms with Crippen LogP contribution >= 0.6 is 24.0 Å². The summed E-state index contributed by atoms with van der Waals surface area (Å²) in [5, 5.41) is 6.67. The van der Waals surface area contributed by atoms with Crippen LogP contribution in [0.15, 0.2) is 29.3 Å². The molecule has 0 aromatic heterocycles. The highest BCUT2D eigenvalue weighted by Gasteiger charge is 2.21. The molecule has 1 unspecified atom stereocenters. The third kappa shape index (κ3) is 8.20. The number of rotatable bonds is 7. The van der Waals surface area contributed by atoms with Gasteiger partial charge in [-0.1, -0.05) is 12.1 Å². The van der Waals surface area contributed by atoms with Gasteiger partial charge in [-0.05, 0) is 70.2 Å². The van der Waals surface area contributed by atoms with E-state index >= 15 is 0 Å². The highest BCUT2D eigenvalue weighted by Crippen LogP contribution is 2.18. The Morgan fingerprint density at radius 2 is 2.15 bits per heavy atom. The van der Waals surface area contributed by atoms with Crippen LogP contribution < -0.4 is 10.6 Å². The number of nitrogens with zero attached hydrogens (tertiary/aromatic N) is 2. The lowest BCUT2D eigenvalue weighted by atomic mass is 9.97. The lowest BCUT2D eigenvalue weighted by Crippen LogP contribution is -2.42. The molecule has 148 valence electrons. The van der Waals surface area contributed by atoms with Gasteiger partial charge in [-0.2, -0.15) is 0 Å². The van der Waals surface area contributed by atoms with Crippen molar-refractivity contribution in [2.24, 2.45) is 10.9 Å². The molecule has 1 fully saturated rings. The zero-order valence-electron chi connectivity index (χ0n) is 16.3. The Morgan fingerprint density at radius 1 is 1.35 bits per heavy atom. The van der Waals surface area contributed by atoms with Gasteiger partial charge in [0.05, 0.1) is 0 Å². The van der Waals surface area contributed by atoms with E-state index in [0.29, 0.717) is 12.0 Å². The molecule has 0 saturated carbocycles. The van der Waals surface area contributed by atoms with Gasteiger partial charge in [-0.25, -0.2) is 4.39 Å². The molecule has 0 radical (unpaired) electrons. The molecule has 0 amide bonds. The average Bonchev–Trinajstić information content (AvgIpc) is 2.60. The highest BCUT2D eigenvalue weighted by atomic mass is 127. The van der Waals surface area contributed by atoms with E-state index in [4.69, 9.17) is 4.99 Å². The first kappa shape index (κ1) is 23.1. The second-order valence-electron chi connectivity index (χ2n) is 7.12. The Balaban J connectivity index is 0.00000338. The number of halogens is 2. The van der Waals surface area contributed by atoms with Crippen LogP contribution in [0.4, 0.5) is 4.39 Å². The van der Waals surface area contributed by atoms with E-state index in [1.807, 2.05) is 6.07 Å². The van der Waals surface area contributed by atoms with Crippen molar-refractivity contribution in [3.8, 4) is 0 Å². The number of nitrogens with one attached hydrogen (secondary N) is 2. The number of guanidine groups is 1. The molecule has 2 N–H and O–H groups in total. The molecular formula is C20H34FIN4. The van der Waals surface area contributed by atoms with Gasteiger partial charge < -0.3 is 15.5 Å². The normalized spacial score (nSPS) is 18.5. The number of hydrogen-bond donors (Lipinski definition) is 2. The Hall–Kier alpha value is -0.890. The van der Waals surface area contributed by atoms with Crippen molar-refractivity contribution < 1.29 is 4.39 Å². The molecule has 1 aliphatic rings. The number of hydrogen-bond acceptors (Lipinski definition) is 2. The van der Waals surface area contributed by atoms with Crippen molar-refractivity contribution in [3.05, 3.63) is 35.6 Å². The summed E-state index contributed by atoms with van der Waals surface area (Å²) in [7, 11) is 0. The third-order valence-electron chi connectivity index (χ3n) is 4.73. The van der Waals surface area contributed by atoms with Crippen LogP contribution in [0.2, 0.25) is 0 Å². The topological polar surface area (TPSA) is 39.7 Å². The fraction of sp³-hybridized carbons (Fsp3) is 0.650. The van der Waals surface area contributed by atoms with Crippen molar-refractivity contribution >= 4 is 29.9 Å². The van der Waals surface area contributed by atoms with Crippen LogP contribution in [-0.4, -0.2) is 49.6 Å². The molecular weight excluding hydrogens is 442 g/mol. The minimum atomic E-state index is -0.176. The van der Waals surface area contributed by atoms with E-state index in [9.17, 15) is 4.39 Å². The lowest BCUT2D eigenvalue weighted by molar-refractivity contribution is 0.143. The molecule has 1 saturated heterocycles. The fourth-order valence-electron chi connectivity index (χ4n) is 3.30. The minimum absolute atomic E-state index is 0. The molecule has 1 heterocycles. The first-order valence-corrected chi connectivity index (χ1v) is 9.59. The second kappa shape index (κ2) is 12.5. The van der Waals surface area contributed by atoms with Crippen LogP contribution in [0.3, 0.4) is 0 Å². The molecule has 26 heavy (non-hydrogen) atoms. The first-order chi connectivity index (χ1) is 12.1. The number of aliphatic imine (C=N–C) groups is 1. The summed E-state index contributed by atoms with van der Waals surface area (Å²) in [6, 6.07) is 7.40. The van der Waals surface area contributed by atoms with Gasteiger partial charge in [0.15, 0.2) is 5.96 Å². The van der Waals surface area contributed by atoms with Crippen molar-refractivity contribution in [3.63, 3.8) is 0 Å². The average molecular weight is 476 g/mol. The Bertz CT molecular complexity index is 550. The molecule has 1 aliphatic heterocycles. The summed E-state index contributed by atoms with van der Waals surface area (Å²) < 4.78 is 13.2. The van der Waals surface area contributed by atoms with Crippen LogP contribution in [0.5, 0.6) is 0 Å². The maximum atomic E-state index is 13.2.